The maximum atomic E-state index is 13.2. The molecule has 0 spiro atoms. The van der Waals surface area contributed by atoms with E-state index in [-0.39, 0.29) is 5.91 Å². The van der Waals surface area contributed by atoms with Gasteiger partial charge in [0.2, 0.25) is 11.7 Å². The Kier molecular flexibility index (Phi) is 4.45. The zero-order valence-electron chi connectivity index (χ0n) is 14.2. The zero-order chi connectivity index (χ0) is 17.8. The van der Waals surface area contributed by atoms with E-state index in [0.717, 1.165) is 16.8 Å². The minimum Gasteiger partial charge on any atom is -0.381 e. The van der Waals surface area contributed by atoms with Crippen LogP contribution in [0.5, 0.6) is 0 Å². The first-order valence-electron chi connectivity index (χ1n) is 8.57. The number of ether oxygens (including phenoxy) is 1. The van der Waals surface area contributed by atoms with E-state index in [1.54, 1.807) is 0 Å². The summed E-state index contributed by atoms with van der Waals surface area (Å²) in [5.74, 6) is 0.521. The van der Waals surface area contributed by atoms with Gasteiger partial charge in [0.25, 0.3) is 0 Å². The van der Waals surface area contributed by atoms with Crippen LogP contribution in [0.15, 0.2) is 54.6 Å². The lowest BCUT2D eigenvalue weighted by Crippen LogP contribution is -2.44. The van der Waals surface area contributed by atoms with Crippen LogP contribution < -0.4 is 5.32 Å². The number of carbonyl (C=O) groups excluding carboxylic acids is 1. The lowest BCUT2D eigenvalue weighted by Gasteiger charge is -2.36. The molecule has 1 aliphatic heterocycles. The van der Waals surface area contributed by atoms with Crippen molar-refractivity contribution in [3.05, 3.63) is 60.2 Å². The number of hydrogen-bond donors (Lipinski definition) is 2. The molecule has 26 heavy (non-hydrogen) atoms. The smallest absolute Gasteiger partial charge is 0.235 e. The fourth-order valence-electron chi connectivity index (χ4n) is 3.36. The van der Waals surface area contributed by atoms with Gasteiger partial charge >= 0.3 is 0 Å². The number of aromatic amines is 1. The van der Waals surface area contributed by atoms with Crippen molar-refractivity contribution in [2.24, 2.45) is 0 Å². The fourth-order valence-corrected chi connectivity index (χ4v) is 3.36. The van der Waals surface area contributed by atoms with Gasteiger partial charge in [0.05, 0.1) is 5.41 Å². The Bertz CT molecular complexity index is 857. The first kappa shape index (κ1) is 16.4. The SMILES string of the molecule is O=C(Nc1ccc(-c2nn[nH]n2)cc1)C1(c2ccccc2)CCOCC1. The molecule has 2 heterocycles. The van der Waals surface area contributed by atoms with Crippen molar-refractivity contribution >= 4 is 11.6 Å². The summed E-state index contributed by atoms with van der Waals surface area (Å²) in [7, 11) is 0. The molecule has 1 fully saturated rings. The molecule has 1 saturated heterocycles. The van der Waals surface area contributed by atoms with Crippen LogP contribution in [0.3, 0.4) is 0 Å². The highest BCUT2D eigenvalue weighted by Crippen LogP contribution is 2.36. The number of hydrogen-bond acceptors (Lipinski definition) is 5. The van der Waals surface area contributed by atoms with Gasteiger partial charge in [-0.25, -0.2) is 0 Å². The predicted octanol–water partition coefficient (Wildman–Crippen LogP) is 2.55. The molecular weight excluding hydrogens is 330 g/mol. The Morgan fingerprint density at radius 3 is 2.42 bits per heavy atom. The highest BCUT2D eigenvalue weighted by molar-refractivity contribution is 5.99. The number of rotatable bonds is 4. The summed E-state index contributed by atoms with van der Waals surface area (Å²) in [6, 6.07) is 17.4. The first-order valence-corrected chi connectivity index (χ1v) is 8.57. The van der Waals surface area contributed by atoms with Crippen LogP contribution in [0.25, 0.3) is 11.4 Å². The van der Waals surface area contributed by atoms with Crippen molar-refractivity contribution in [2.45, 2.75) is 18.3 Å². The van der Waals surface area contributed by atoms with E-state index in [0.29, 0.717) is 31.9 Å². The molecule has 132 valence electrons. The molecule has 0 aliphatic carbocycles. The van der Waals surface area contributed by atoms with Gasteiger partial charge in [0, 0.05) is 24.5 Å². The van der Waals surface area contributed by atoms with Crippen LogP contribution in [0.2, 0.25) is 0 Å². The van der Waals surface area contributed by atoms with Crippen molar-refractivity contribution in [1.29, 1.82) is 0 Å². The van der Waals surface area contributed by atoms with Crippen LogP contribution in [0.1, 0.15) is 18.4 Å². The normalized spacial score (nSPS) is 16.2. The van der Waals surface area contributed by atoms with E-state index in [1.807, 2.05) is 54.6 Å². The van der Waals surface area contributed by atoms with Gasteiger partial charge < -0.3 is 10.1 Å². The second-order valence-corrected chi connectivity index (χ2v) is 6.33. The number of H-pyrrole nitrogens is 1. The number of tetrazole rings is 1. The third-order valence-electron chi connectivity index (χ3n) is 4.85. The lowest BCUT2D eigenvalue weighted by atomic mass is 9.73. The van der Waals surface area contributed by atoms with Crippen molar-refractivity contribution in [1.82, 2.24) is 20.6 Å². The topological polar surface area (TPSA) is 92.8 Å². The standard InChI is InChI=1S/C19H19N5O2/c25-18(19(10-12-26-13-11-19)15-4-2-1-3-5-15)20-16-8-6-14(7-9-16)17-21-23-24-22-17/h1-9H,10-13H2,(H,20,25)(H,21,22,23,24). The Morgan fingerprint density at radius 2 is 1.77 bits per heavy atom. The number of amides is 1. The van der Waals surface area contributed by atoms with E-state index in [4.69, 9.17) is 4.74 Å². The molecule has 0 atom stereocenters. The van der Waals surface area contributed by atoms with Crippen LogP contribution in [0, 0.1) is 0 Å². The molecule has 0 unspecified atom stereocenters. The molecule has 2 N–H and O–H groups in total. The summed E-state index contributed by atoms with van der Waals surface area (Å²) >= 11 is 0. The molecule has 0 radical (unpaired) electrons. The number of nitrogens with one attached hydrogen (secondary N) is 2. The summed E-state index contributed by atoms with van der Waals surface area (Å²) in [6.45, 7) is 1.16. The van der Waals surface area contributed by atoms with Gasteiger partial charge in [0.1, 0.15) is 0 Å². The van der Waals surface area contributed by atoms with Gasteiger partial charge in [-0.3, -0.25) is 4.79 Å². The van der Waals surface area contributed by atoms with E-state index < -0.39 is 5.41 Å². The second-order valence-electron chi connectivity index (χ2n) is 6.33. The molecule has 0 saturated carbocycles. The first-order chi connectivity index (χ1) is 12.8. The fraction of sp³-hybridized carbons (Fsp3) is 0.263. The molecule has 7 heteroatoms. The third-order valence-corrected chi connectivity index (χ3v) is 4.85. The number of aromatic nitrogens is 4. The Morgan fingerprint density at radius 1 is 1.04 bits per heavy atom. The molecule has 7 nitrogen and oxygen atoms in total. The Labute approximate surface area is 150 Å². The zero-order valence-corrected chi connectivity index (χ0v) is 14.2. The summed E-state index contributed by atoms with van der Waals surface area (Å²) in [4.78, 5) is 13.2. The minimum atomic E-state index is -0.564. The van der Waals surface area contributed by atoms with Crippen LogP contribution >= 0.6 is 0 Å². The third kappa shape index (κ3) is 3.09. The van der Waals surface area contributed by atoms with Crippen molar-refractivity contribution in [2.75, 3.05) is 18.5 Å². The van der Waals surface area contributed by atoms with E-state index >= 15 is 0 Å². The molecule has 4 rings (SSSR count). The molecular formula is C19H19N5O2. The van der Waals surface area contributed by atoms with Crippen molar-refractivity contribution in [3.63, 3.8) is 0 Å². The summed E-state index contributed by atoms with van der Waals surface area (Å²) in [6.07, 6.45) is 1.34. The monoisotopic (exact) mass is 349 g/mol. The van der Waals surface area contributed by atoms with Crippen LogP contribution in [-0.4, -0.2) is 39.7 Å². The maximum Gasteiger partial charge on any atom is 0.235 e. The highest BCUT2D eigenvalue weighted by Gasteiger charge is 2.41. The number of nitrogens with zero attached hydrogens (tertiary/aromatic N) is 3. The van der Waals surface area contributed by atoms with E-state index in [1.165, 1.54) is 0 Å². The Hall–Kier alpha value is -3.06. The molecule has 2 aromatic carbocycles. The molecule has 0 bridgehead atoms. The molecule has 1 aliphatic rings. The predicted molar refractivity (Wildman–Crippen MR) is 96.4 cm³/mol. The van der Waals surface area contributed by atoms with Gasteiger partial charge in [-0.15, -0.1) is 10.2 Å². The van der Waals surface area contributed by atoms with Gasteiger partial charge in [-0.1, -0.05) is 30.3 Å². The quantitative estimate of drug-likeness (QED) is 0.755. The summed E-state index contributed by atoms with van der Waals surface area (Å²) in [5, 5.41) is 17.0. The lowest BCUT2D eigenvalue weighted by molar-refractivity contribution is -0.125. The van der Waals surface area contributed by atoms with Crippen LogP contribution in [-0.2, 0) is 14.9 Å². The summed E-state index contributed by atoms with van der Waals surface area (Å²) < 4.78 is 5.50. The molecule has 1 amide bonds. The largest absolute Gasteiger partial charge is 0.381 e. The average Bonchev–Trinajstić information content (AvgIpc) is 3.24. The van der Waals surface area contributed by atoms with E-state index in [9.17, 15) is 4.79 Å². The number of benzene rings is 2. The minimum absolute atomic E-state index is 0.000638. The van der Waals surface area contributed by atoms with Crippen LogP contribution in [0.4, 0.5) is 5.69 Å². The average molecular weight is 349 g/mol. The van der Waals surface area contributed by atoms with Gasteiger partial charge in [0.15, 0.2) is 0 Å². The van der Waals surface area contributed by atoms with Crippen molar-refractivity contribution < 1.29 is 9.53 Å². The highest BCUT2D eigenvalue weighted by atomic mass is 16.5. The summed E-state index contributed by atoms with van der Waals surface area (Å²) in [5.41, 5.74) is 2.04. The van der Waals surface area contributed by atoms with Gasteiger partial charge in [-0.2, -0.15) is 5.21 Å². The second kappa shape index (κ2) is 7.05. The Balaban J connectivity index is 1.57. The molecule has 3 aromatic rings. The van der Waals surface area contributed by atoms with Gasteiger partial charge in [-0.05, 0) is 47.9 Å². The molecule has 1 aromatic heterocycles. The maximum absolute atomic E-state index is 13.2. The number of anilines is 1. The van der Waals surface area contributed by atoms with E-state index in [2.05, 4.69) is 25.9 Å². The number of carbonyl (C=O) groups is 1. The van der Waals surface area contributed by atoms with Crippen molar-refractivity contribution in [3.8, 4) is 11.4 Å².